The first kappa shape index (κ1) is 12.5. The average molecular weight is 210 g/mol. The molecule has 0 bridgehead atoms. The van der Waals surface area contributed by atoms with E-state index in [1.807, 2.05) is 4.90 Å². The van der Waals surface area contributed by atoms with Crippen LogP contribution in [0.4, 0.5) is 0 Å². The Morgan fingerprint density at radius 3 is 1.75 bits per heavy atom. The van der Waals surface area contributed by atoms with Crippen LogP contribution in [0.15, 0.2) is 0 Å². The van der Waals surface area contributed by atoms with Crippen LogP contribution in [-0.2, 0) is 0 Å². The Labute approximate surface area is 84.7 Å². The topological polar surface area (TPSA) is 81.3 Å². The van der Waals surface area contributed by atoms with E-state index in [0.717, 1.165) is 13.1 Å². The molecule has 0 aliphatic carbocycles. The molecule has 0 saturated carbocycles. The predicted molar refractivity (Wildman–Crippen MR) is 59.4 cm³/mol. The third kappa shape index (κ3) is 7.20. The van der Waals surface area contributed by atoms with E-state index in [-0.39, 0.29) is 0 Å². The summed E-state index contributed by atoms with van der Waals surface area (Å²) < 4.78 is -0.773. The first-order valence-electron chi connectivity index (χ1n) is 3.85. The summed E-state index contributed by atoms with van der Waals surface area (Å²) in [6, 6.07) is 0. The summed E-state index contributed by atoms with van der Waals surface area (Å²) in [5.74, 6) is 0. The van der Waals surface area contributed by atoms with Gasteiger partial charge < -0.3 is 17.2 Å². The lowest BCUT2D eigenvalue weighted by atomic mass is 10.4. The molecule has 0 amide bonds. The third-order valence-electron chi connectivity index (χ3n) is 1.35. The largest absolute Gasteiger partial charge is 0.329 e. The van der Waals surface area contributed by atoms with E-state index < -0.39 is 4.20 Å². The molecule has 6 N–H and O–H groups in total. The molecule has 74 valence electrons. The van der Waals surface area contributed by atoms with Crippen molar-refractivity contribution in [1.29, 1.82) is 0 Å². The van der Waals surface area contributed by atoms with Crippen molar-refractivity contribution in [3.05, 3.63) is 0 Å². The van der Waals surface area contributed by atoms with E-state index >= 15 is 0 Å². The Morgan fingerprint density at radius 1 is 1.08 bits per heavy atom. The van der Waals surface area contributed by atoms with Crippen molar-refractivity contribution in [3.8, 4) is 0 Å². The molecule has 6 heteroatoms. The Morgan fingerprint density at radius 2 is 1.50 bits per heavy atom. The van der Waals surface area contributed by atoms with Crippen LogP contribution in [0.3, 0.4) is 0 Å². The molecule has 12 heavy (non-hydrogen) atoms. The molecule has 0 fully saturated rings. The molecule has 0 aliphatic heterocycles. The monoisotopic (exact) mass is 210 g/mol. The van der Waals surface area contributed by atoms with Crippen LogP contribution in [0, 0.1) is 0 Å². The van der Waals surface area contributed by atoms with Crippen molar-refractivity contribution in [1.82, 2.24) is 4.90 Å². The van der Waals surface area contributed by atoms with Crippen molar-refractivity contribution in [2.75, 3.05) is 32.7 Å². The van der Waals surface area contributed by atoms with Crippen molar-refractivity contribution in [2.24, 2.45) is 17.2 Å². The first-order valence-corrected chi connectivity index (χ1v) is 4.75. The summed E-state index contributed by atoms with van der Waals surface area (Å²) in [5, 5.41) is 0. The van der Waals surface area contributed by atoms with E-state index in [9.17, 15) is 0 Å². The third-order valence-corrected chi connectivity index (χ3v) is 1.63. The Hall–Kier alpha value is 0.540. The van der Waals surface area contributed by atoms with Crippen LogP contribution < -0.4 is 17.2 Å². The van der Waals surface area contributed by atoms with Gasteiger partial charge in [-0.15, -0.1) is 25.3 Å². The second-order valence-electron chi connectivity index (χ2n) is 2.73. The van der Waals surface area contributed by atoms with Crippen LogP contribution in [0.2, 0.25) is 0 Å². The number of hydrogen-bond acceptors (Lipinski definition) is 6. The van der Waals surface area contributed by atoms with Gasteiger partial charge in [0, 0.05) is 32.7 Å². The minimum absolute atomic E-state index is 0.577. The maximum absolute atomic E-state index is 5.60. The molecule has 4 nitrogen and oxygen atoms in total. The molecule has 0 radical (unpaired) electrons. The minimum atomic E-state index is -0.773. The number of thiol groups is 2. The zero-order valence-corrected chi connectivity index (χ0v) is 8.90. The van der Waals surface area contributed by atoms with Crippen LogP contribution in [0.5, 0.6) is 0 Å². The smallest absolute Gasteiger partial charge is 0.116 e. The fourth-order valence-corrected chi connectivity index (χ4v) is 1.36. The van der Waals surface area contributed by atoms with Gasteiger partial charge >= 0.3 is 0 Å². The standard InChI is InChI=1S/C6H18N4S2/c7-1-3-10(4-2-8)5-6(9,11)12/h11-12H,1-5,7-9H2. The van der Waals surface area contributed by atoms with Crippen LogP contribution in [0.25, 0.3) is 0 Å². The van der Waals surface area contributed by atoms with Gasteiger partial charge in [-0.05, 0) is 0 Å². The lowest BCUT2D eigenvalue weighted by molar-refractivity contribution is 0.285. The number of nitrogens with zero attached hydrogens (tertiary/aromatic N) is 1. The molecule has 0 spiro atoms. The molecule has 0 unspecified atom stereocenters. The van der Waals surface area contributed by atoms with Crippen molar-refractivity contribution in [2.45, 2.75) is 4.20 Å². The van der Waals surface area contributed by atoms with Crippen molar-refractivity contribution >= 4 is 25.3 Å². The molecule has 0 rings (SSSR count). The first-order chi connectivity index (χ1) is 5.49. The van der Waals surface area contributed by atoms with Crippen LogP contribution in [0.1, 0.15) is 0 Å². The van der Waals surface area contributed by atoms with Gasteiger partial charge in [-0.3, -0.25) is 4.90 Å². The summed E-state index contributed by atoms with van der Waals surface area (Å²) in [6.07, 6.45) is 0. The van der Waals surface area contributed by atoms with Gasteiger partial charge in [-0.1, -0.05) is 0 Å². The number of nitrogens with two attached hydrogens (primary N) is 3. The molecule has 0 aromatic heterocycles. The Kier molecular flexibility index (Phi) is 6.34. The van der Waals surface area contributed by atoms with Gasteiger partial charge in [-0.25, -0.2) is 0 Å². The molecule has 0 aliphatic rings. The van der Waals surface area contributed by atoms with E-state index in [1.54, 1.807) is 0 Å². The highest BCUT2D eigenvalue weighted by atomic mass is 32.2. The maximum atomic E-state index is 5.60. The van der Waals surface area contributed by atoms with E-state index in [4.69, 9.17) is 17.2 Å². The van der Waals surface area contributed by atoms with Gasteiger partial charge in [0.05, 0.1) is 0 Å². The van der Waals surface area contributed by atoms with Crippen molar-refractivity contribution in [3.63, 3.8) is 0 Å². The van der Waals surface area contributed by atoms with Crippen LogP contribution in [-0.4, -0.2) is 41.8 Å². The summed E-state index contributed by atoms with van der Waals surface area (Å²) in [6.45, 7) is 3.32. The van der Waals surface area contributed by atoms with Gasteiger partial charge in [-0.2, -0.15) is 0 Å². The van der Waals surface area contributed by atoms with Gasteiger partial charge in [0.1, 0.15) is 4.20 Å². The molecular formula is C6H18N4S2. The van der Waals surface area contributed by atoms with Gasteiger partial charge in [0.2, 0.25) is 0 Å². The second kappa shape index (κ2) is 6.06. The fourth-order valence-electron chi connectivity index (χ4n) is 0.964. The molecule has 0 aromatic rings. The second-order valence-corrected chi connectivity index (χ2v) is 4.68. The van der Waals surface area contributed by atoms with E-state index in [0.29, 0.717) is 19.6 Å². The van der Waals surface area contributed by atoms with E-state index in [1.165, 1.54) is 0 Å². The van der Waals surface area contributed by atoms with Gasteiger partial charge in [0.25, 0.3) is 0 Å². The normalized spacial score (nSPS) is 12.5. The Bertz CT molecular complexity index is 109. The minimum Gasteiger partial charge on any atom is -0.329 e. The number of rotatable bonds is 6. The summed E-state index contributed by atoms with van der Waals surface area (Å²) in [7, 11) is 0. The summed E-state index contributed by atoms with van der Waals surface area (Å²) in [5.41, 5.74) is 16.4. The summed E-state index contributed by atoms with van der Waals surface area (Å²) in [4.78, 5) is 2.04. The average Bonchev–Trinajstić information content (AvgIpc) is 1.84. The molecule has 0 saturated heterocycles. The van der Waals surface area contributed by atoms with Crippen LogP contribution >= 0.6 is 25.3 Å². The zero-order valence-electron chi connectivity index (χ0n) is 7.11. The lowest BCUT2D eigenvalue weighted by Crippen LogP contribution is -2.45. The fraction of sp³-hybridized carbons (Fsp3) is 1.00. The lowest BCUT2D eigenvalue weighted by Gasteiger charge is -2.27. The molecule has 0 aromatic carbocycles. The van der Waals surface area contributed by atoms with Gasteiger partial charge in [0.15, 0.2) is 0 Å². The summed E-state index contributed by atoms with van der Waals surface area (Å²) >= 11 is 8.20. The van der Waals surface area contributed by atoms with E-state index in [2.05, 4.69) is 25.3 Å². The van der Waals surface area contributed by atoms with Crippen molar-refractivity contribution < 1.29 is 0 Å². The highest BCUT2D eigenvalue weighted by Crippen LogP contribution is 2.12. The quantitative estimate of drug-likeness (QED) is 0.278. The highest BCUT2D eigenvalue weighted by molar-refractivity contribution is 8.00. The Balaban J connectivity index is 3.77. The number of hydrogen-bond donors (Lipinski definition) is 5. The molecule has 0 heterocycles. The zero-order chi connectivity index (χ0) is 9.61. The molecule has 0 atom stereocenters. The highest BCUT2D eigenvalue weighted by Gasteiger charge is 2.17. The maximum Gasteiger partial charge on any atom is 0.116 e. The predicted octanol–water partition coefficient (Wildman–Crippen LogP) is -1.32. The molecular weight excluding hydrogens is 192 g/mol. The SMILES string of the molecule is NCCN(CCN)CC(N)(S)S.